The van der Waals surface area contributed by atoms with Crippen LogP contribution in [0, 0.1) is 6.92 Å². The van der Waals surface area contributed by atoms with E-state index in [1.807, 2.05) is 37.3 Å². The molecule has 0 spiro atoms. The fourth-order valence-corrected chi connectivity index (χ4v) is 4.59. The van der Waals surface area contributed by atoms with Gasteiger partial charge in [-0.25, -0.2) is 4.79 Å². The van der Waals surface area contributed by atoms with E-state index >= 15 is 0 Å². The highest BCUT2D eigenvalue weighted by atomic mass is 35.5. The molecule has 6 aromatic rings. The number of carbonyl (C=O) groups excluding carboxylic acids is 1. The largest absolute Gasteiger partial charge is 0.452 e. The standard InChI is InChI=1S/C28H15Cl2NO5/c1-14-11-23(32)35-27-17(14)8-10-21-25(27)24(15-5-3-2-4-6-15)28(34-21)26(33)22-13-20(31-36-22)16-7-9-18(29)19(30)12-16/h2-13H,1H3. The summed E-state index contributed by atoms with van der Waals surface area (Å²) in [5.74, 6) is -0.481. The summed E-state index contributed by atoms with van der Waals surface area (Å²) in [6, 6.07) is 20.8. The molecule has 3 heterocycles. The lowest BCUT2D eigenvalue weighted by Gasteiger charge is -2.04. The van der Waals surface area contributed by atoms with Gasteiger partial charge in [0.1, 0.15) is 16.9 Å². The van der Waals surface area contributed by atoms with Gasteiger partial charge >= 0.3 is 5.63 Å². The van der Waals surface area contributed by atoms with Gasteiger partial charge in [-0.05, 0) is 42.3 Å². The number of benzene rings is 3. The number of ketones is 1. The molecule has 6 rings (SSSR count). The van der Waals surface area contributed by atoms with Crippen molar-refractivity contribution in [3.63, 3.8) is 0 Å². The Morgan fingerprint density at radius 1 is 0.861 bits per heavy atom. The summed E-state index contributed by atoms with van der Waals surface area (Å²) in [6.07, 6.45) is 0. The van der Waals surface area contributed by atoms with E-state index in [4.69, 9.17) is 36.6 Å². The quantitative estimate of drug-likeness (QED) is 0.176. The van der Waals surface area contributed by atoms with Crippen molar-refractivity contribution in [2.45, 2.75) is 6.92 Å². The van der Waals surface area contributed by atoms with E-state index < -0.39 is 11.4 Å². The first-order valence-corrected chi connectivity index (χ1v) is 11.7. The van der Waals surface area contributed by atoms with Crippen molar-refractivity contribution in [1.82, 2.24) is 5.16 Å². The maximum atomic E-state index is 13.7. The highest BCUT2D eigenvalue weighted by Gasteiger charge is 2.28. The second-order valence-corrected chi connectivity index (χ2v) is 9.08. The Morgan fingerprint density at radius 3 is 2.44 bits per heavy atom. The number of carbonyl (C=O) groups is 1. The first-order chi connectivity index (χ1) is 17.4. The maximum absolute atomic E-state index is 13.7. The second kappa shape index (κ2) is 8.52. The molecule has 0 amide bonds. The zero-order valence-corrected chi connectivity index (χ0v) is 20.2. The van der Waals surface area contributed by atoms with Crippen molar-refractivity contribution in [2.75, 3.05) is 0 Å². The Kier molecular flexibility index (Phi) is 5.29. The molecule has 0 unspecified atom stereocenters. The second-order valence-electron chi connectivity index (χ2n) is 8.27. The smallest absolute Gasteiger partial charge is 0.336 e. The molecule has 0 aliphatic carbocycles. The number of nitrogens with zero attached hydrogens (tertiary/aromatic N) is 1. The minimum Gasteiger partial charge on any atom is -0.452 e. The summed E-state index contributed by atoms with van der Waals surface area (Å²) in [4.78, 5) is 25.9. The van der Waals surface area contributed by atoms with Crippen LogP contribution in [-0.2, 0) is 0 Å². The van der Waals surface area contributed by atoms with Gasteiger partial charge in [0, 0.05) is 28.6 Å². The lowest BCUT2D eigenvalue weighted by molar-refractivity contribution is 0.0977. The van der Waals surface area contributed by atoms with E-state index in [2.05, 4.69) is 5.16 Å². The van der Waals surface area contributed by atoms with Gasteiger partial charge in [0.15, 0.2) is 5.76 Å². The molecular formula is C28H15Cl2NO5. The van der Waals surface area contributed by atoms with Crippen molar-refractivity contribution in [1.29, 1.82) is 0 Å². The number of aryl methyl sites for hydroxylation is 1. The summed E-state index contributed by atoms with van der Waals surface area (Å²) in [5.41, 5.74) is 3.32. The first-order valence-electron chi connectivity index (χ1n) is 10.9. The monoisotopic (exact) mass is 515 g/mol. The van der Waals surface area contributed by atoms with E-state index in [1.165, 1.54) is 12.1 Å². The summed E-state index contributed by atoms with van der Waals surface area (Å²) >= 11 is 12.1. The summed E-state index contributed by atoms with van der Waals surface area (Å²) in [5, 5.41) is 6.08. The van der Waals surface area contributed by atoms with Crippen LogP contribution in [0.3, 0.4) is 0 Å². The predicted molar refractivity (Wildman–Crippen MR) is 138 cm³/mol. The van der Waals surface area contributed by atoms with Crippen LogP contribution in [0.5, 0.6) is 0 Å². The lowest BCUT2D eigenvalue weighted by atomic mass is 9.97. The number of furan rings is 1. The summed E-state index contributed by atoms with van der Waals surface area (Å²) in [7, 11) is 0. The molecule has 3 aromatic heterocycles. The van der Waals surface area contributed by atoms with Crippen LogP contribution in [-0.4, -0.2) is 10.9 Å². The molecule has 0 aliphatic rings. The van der Waals surface area contributed by atoms with Gasteiger partial charge in [0.05, 0.1) is 15.4 Å². The fraction of sp³-hybridized carbons (Fsp3) is 0.0357. The zero-order valence-electron chi connectivity index (χ0n) is 18.7. The average molecular weight is 516 g/mol. The molecule has 6 nitrogen and oxygen atoms in total. The molecule has 0 atom stereocenters. The first kappa shape index (κ1) is 22.3. The minimum atomic E-state index is -0.507. The number of halogens is 2. The SMILES string of the molecule is Cc1cc(=O)oc2c1ccc1oc(C(=O)c3cc(-c4ccc(Cl)c(Cl)c4)no3)c(-c3ccccc3)c12. The van der Waals surface area contributed by atoms with Gasteiger partial charge in [0.2, 0.25) is 5.76 Å². The Balaban J connectivity index is 1.57. The third-order valence-electron chi connectivity index (χ3n) is 5.99. The van der Waals surface area contributed by atoms with Gasteiger partial charge in [0.25, 0.3) is 5.78 Å². The highest BCUT2D eigenvalue weighted by Crippen LogP contribution is 2.40. The summed E-state index contributed by atoms with van der Waals surface area (Å²) < 4.78 is 17.1. The Labute approximate surface area is 213 Å². The van der Waals surface area contributed by atoms with Crippen LogP contribution in [0.15, 0.2) is 90.9 Å². The molecule has 8 heteroatoms. The number of hydrogen-bond donors (Lipinski definition) is 0. The molecule has 0 saturated carbocycles. The van der Waals surface area contributed by atoms with Crippen molar-refractivity contribution >= 4 is 50.9 Å². The van der Waals surface area contributed by atoms with E-state index in [1.54, 1.807) is 30.3 Å². The lowest BCUT2D eigenvalue weighted by Crippen LogP contribution is -2.00. The van der Waals surface area contributed by atoms with Crippen molar-refractivity contribution < 1.29 is 18.2 Å². The molecule has 36 heavy (non-hydrogen) atoms. The predicted octanol–water partition coefficient (Wildman–Crippen LogP) is 7.71. The molecular weight excluding hydrogens is 501 g/mol. The van der Waals surface area contributed by atoms with Gasteiger partial charge in [-0.15, -0.1) is 0 Å². The van der Waals surface area contributed by atoms with E-state index in [0.29, 0.717) is 43.4 Å². The summed E-state index contributed by atoms with van der Waals surface area (Å²) in [6.45, 7) is 1.83. The molecule has 176 valence electrons. The zero-order chi connectivity index (χ0) is 25.0. The third-order valence-corrected chi connectivity index (χ3v) is 6.73. The van der Waals surface area contributed by atoms with E-state index in [9.17, 15) is 9.59 Å². The molecule has 0 bridgehead atoms. The molecule has 0 N–H and O–H groups in total. The number of fused-ring (bicyclic) bond motifs is 3. The number of rotatable bonds is 4. The molecule has 0 fully saturated rings. The van der Waals surface area contributed by atoms with Crippen LogP contribution in [0.2, 0.25) is 10.0 Å². The van der Waals surface area contributed by atoms with Gasteiger partial charge in [-0.3, -0.25) is 4.79 Å². The van der Waals surface area contributed by atoms with Gasteiger partial charge < -0.3 is 13.4 Å². The van der Waals surface area contributed by atoms with Crippen LogP contribution >= 0.6 is 23.2 Å². The van der Waals surface area contributed by atoms with Crippen LogP contribution in [0.1, 0.15) is 21.9 Å². The van der Waals surface area contributed by atoms with Gasteiger partial charge in [-0.2, -0.15) is 0 Å². The molecule has 0 aliphatic heterocycles. The van der Waals surface area contributed by atoms with Crippen molar-refractivity contribution in [3.8, 4) is 22.4 Å². The fourth-order valence-electron chi connectivity index (χ4n) is 4.29. The molecule has 0 radical (unpaired) electrons. The molecule has 3 aromatic carbocycles. The highest BCUT2D eigenvalue weighted by molar-refractivity contribution is 6.42. The third kappa shape index (κ3) is 3.63. The van der Waals surface area contributed by atoms with Gasteiger partial charge in [-0.1, -0.05) is 64.8 Å². The molecule has 0 saturated heterocycles. The number of hydrogen-bond acceptors (Lipinski definition) is 6. The van der Waals surface area contributed by atoms with Crippen molar-refractivity contribution in [3.05, 3.63) is 110 Å². The van der Waals surface area contributed by atoms with Crippen molar-refractivity contribution in [2.24, 2.45) is 0 Å². The van der Waals surface area contributed by atoms with E-state index in [0.717, 1.165) is 16.5 Å². The Hall–Kier alpha value is -4.13. The van der Waals surface area contributed by atoms with Crippen LogP contribution in [0.4, 0.5) is 0 Å². The van der Waals surface area contributed by atoms with Crippen LogP contribution in [0.25, 0.3) is 44.3 Å². The maximum Gasteiger partial charge on any atom is 0.336 e. The van der Waals surface area contributed by atoms with Crippen LogP contribution < -0.4 is 5.63 Å². The Morgan fingerprint density at radius 2 is 1.67 bits per heavy atom. The normalized spacial score (nSPS) is 11.4. The van der Waals surface area contributed by atoms with E-state index in [-0.39, 0.29) is 11.5 Å². The average Bonchev–Trinajstić information content (AvgIpc) is 3.51. The number of aromatic nitrogens is 1. The Bertz CT molecular complexity index is 1860. The minimum absolute atomic E-state index is 0.0192. The topological polar surface area (TPSA) is 86.5 Å².